The molecule has 4 rings (SSSR count). The summed E-state index contributed by atoms with van der Waals surface area (Å²) in [7, 11) is 0. The van der Waals surface area contributed by atoms with Crippen LogP contribution >= 0.6 is 0 Å². The Kier molecular flexibility index (Phi) is 3.54. The zero-order valence-corrected chi connectivity index (χ0v) is 13.2. The van der Waals surface area contributed by atoms with Crippen LogP contribution in [0.25, 0.3) is 27.4 Å². The number of carboxylic acids is 1. The van der Waals surface area contributed by atoms with Crippen LogP contribution in [0.3, 0.4) is 0 Å². The van der Waals surface area contributed by atoms with Crippen LogP contribution in [0.4, 0.5) is 8.78 Å². The molecule has 0 spiro atoms. The molecule has 0 saturated carbocycles. The van der Waals surface area contributed by atoms with Crippen molar-refractivity contribution in [3.05, 3.63) is 88.2 Å². The Morgan fingerprint density at radius 3 is 2.38 bits per heavy atom. The van der Waals surface area contributed by atoms with Crippen LogP contribution in [0.15, 0.2) is 65.6 Å². The van der Waals surface area contributed by atoms with Gasteiger partial charge in [0.25, 0.3) is 0 Å². The van der Waals surface area contributed by atoms with Crippen LogP contribution in [0.5, 0.6) is 0 Å². The van der Waals surface area contributed by atoms with E-state index in [2.05, 4.69) is 0 Å². The number of pyridine rings is 1. The van der Waals surface area contributed by atoms with Crippen molar-refractivity contribution in [2.45, 2.75) is 0 Å². The number of carbonyl (C=O) groups is 1. The number of aromatic nitrogens is 1. The number of nitrogens with zero attached hydrogens (tertiary/aromatic N) is 1. The molecule has 0 saturated heterocycles. The van der Waals surface area contributed by atoms with Crippen LogP contribution in [0.1, 0.15) is 10.4 Å². The lowest BCUT2D eigenvalue weighted by Gasteiger charge is -2.15. The van der Waals surface area contributed by atoms with Gasteiger partial charge in [-0.25, -0.2) is 13.6 Å². The molecule has 0 aliphatic carbocycles. The molecule has 128 valence electrons. The van der Waals surface area contributed by atoms with Gasteiger partial charge in [0.05, 0.1) is 16.6 Å². The van der Waals surface area contributed by atoms with Crippen molar-refractivity contribution < 1.29 is 18.7 Å². The topological polar surface area (TPSA) is 59.3 Å². The van der Waals surface area contributed by atoms with Crippen molar-refractivity contribution in [1.82, 2.24) is 4.57 Å². The van der Waals surface area contributed by atoms with E-state index in [4.69, 9.17) is 0 Å². The number of rotatable bonds is 2. The summed E-state index contributed by atoms with van der Waals surface area (Å²) < 4.78 is 28.9. The molecule has 1 aromatic heterocycles. The molecule has 1 heterocycles. The van der Waals surface area contributed by atoms with Crippen molar-refractivity contribution in [1.29, 1.82) is 0 Å². The van der Waals surface area contributed by atoms with Gasteiger partial charge in [-0.05, 0) is 17.5 Å². The van der Waals surface area contributed by atoms with Gasteiger partial charge in [-0.1, -0.05) is 36.4 Å². The fourth-order valence-electron chi connectivity index (χ4n) is 3.09. The second-order valence-corrected chi connectivity index (χ2v) is 5.83. The van der Waals surface area contributed by atoms with Crippen molar-refractivity contribution in [2.75, 3.05) is 0 Å². The molecule has 0 amide bonds. The van der Waals surface area contributed by atoms with Gasteiger partial charge >= 0.3 is 5.97 Å². The van der Waals surface area contributed by atoms with Crippen molar-refractivity contribution in [3.8, 4) is 5.69 Å². The van der Waals surface area contributed by atoms with Gasteiger partial charge in [-0.15, -0.1) is 0 Å². The molecule has 26 heavy (non-hydrogen) atoms. The summed E-state index contributed by atoms with van der Waals surface area (Å²) in [5.74, 6) is -3.76. The molecule has 0 bridgehead atoms. The lowest BCUT2D eigenvalue weighted by molar-refractivity contribution is 0.0695. The number of halogens is 2. The van der Waals surface area contributed by atoms with E-state index in [1.165, 1.54) is 4.57 Å². The summed E-state index contributed by atoms with van der Waals surface area (Å²) in [6, 6.07) is 14.4. The molecule has 6 heteroatoms. The van der Waals surface area contributed by atoms with Crippen molar-refractivity contribution in [2.24, 2.45) is 0 Å². The molecule has 4 aromatic rings. The van der Waals surface area contributed by atoms with Crippen molar-refractivity contribution in [3.63, 3.8) is 0 Å². The molecule has 0 atom stereocenters. The van der Waals surface area contributed by atoms with E-state index in [1.54, 1.807) is 12.1 Å². The van der Waals surface area contributed by atoms with Gasteiger partial charge in [0.2, 0.25) is 5.43 Å². The third-order valence-electron chi connectivity index (χ3n) is 4.30. The van der Waals surface area contributed by atoms with Crippen LogP contribution < -0.4 is 5.43 Å². The summed E-state index contributed by atoms with van der Waals surface area (Å²) in [6.45, 7) is 0. The number of benzene rings is 3. The Hall–Kier alpha value is -3.54. The molecule has 4 nitrogen and oxygen atoms in total. The number of fused-ring (bicyclic) bond motifs is 2. The normalized spacial score (nSPS) is 11.2. The summed E-state index contributed by atoms with van der Waals surface area (Å²) in [5, 5.41) is 10.8. The highest BCUT2D eigenvalue weighted by molar-refractivity contribution is 5.96. The smallest absolute Gasteiger partial charge is 0.341 e. The predicted octanol–water partition coefficient (Wildman–Crippen LogP) is 4.12. The number of hydrogen-bond acceptors (Lipinski definition) is 2. The molecular formula is C20H11F2NO3. The number of aromatic carboxylic acids is 1. The third kappa shape index (κ3) is 2.35. The maximum absolute atomic E-state index is 13.8. The maximum Gasteiger partial charge on any atom is 0.341 e. The number of hydrogen-bond donors (Lipinski definition) is 1. The minimum Gasteiger partial charge on any atom is -0.477 e. The maximum atomic E-state index is 13.8. The zero-order valence-electron chi connectivity index (χ0n) is 13.2. The van der Waals surface area contributed by atoms with Crippen molar-refractivity contribution >= 4 is 27.6 Å². The van der Waals surface area contributed by atoms with E-state index in [9.17, 15) is 23.5 Å². The van der Waals surface area contributed by atoms with Crippen LogP contribution in [-0.4, -0.2) is 15.6 Å². The first-order valence-electron chi connectivity index (χ1n) is 7.73. The van der Waals surface area contributed by atoms with Gasteiger partial charge in [0.15, 0.2) is 11.6 Å². The zero-order chi connectivity index (χ0) is 18.4. The monoisotopic (exact) mass is 351 g/mol. The fraction of sp³-hybridized carbons (Fsp3) is 0. The Labute approximate surface area is 145 Å². The molecular weight excluding hydrogens is 340 g/mol. The SMILES string of the molecule is O=C(O)c1cn(-c2cccc3ccccc23)c2cc(F)c(F)cc2c1=O. The molecule has 0 fully saturated rings. The highest BCUT2D eigenvalue weighted by atomic mass is 19.2. The molecule has 0 unspecified atom stereocenters. The Morgan fingerprint density at radius 1 is 0.923 bits per heavy atom. The van der Waals surface area contributed by atoms with E-state index in [1.807, 2.05) is 30.3 Å². The minimum absolute atomic E-state index is 0.0928. The first-order valence-corrected chi connectivity index (χ1v) is 7.73. The number of carboxylic acid groups (broad SMARTS) is 1. The molecule has 3 aromatic carbocycles. The quantitative estimate of drug-likeness (QED) is 0.591. The van der Waals surface area contributed by atoms with Crippen LogP contribution in [-0.2, 0) is 0 Å². The largest absolute Gasteiger partial charge is 0.477 e. The molecule has 1 N–H and O–H groups in total. The van der Waals surface area contributed by atoms with Gasteiger partial charge in [0.1, 0.15) is 5.56 Å². The third-order valence-corrected chi connectivity index (χ3v) is 4.30. The summed E-state index contributed by atoms with van der Waals surface area (Å²) in [5.41, 5.74) is -0.726. The lowest BCUT2D eigenvalue weighted by atomic mass is 10.1. The standard InChI is InChI=1S/C20H11F2NO3/c21-15-8-13-18(9-16(15)22)23(10-14(19(13)24)20(25)26)17-7-3-5-11-4-1-2-6-12(11)17/h1-10H,(H,25,26). The Morgan fingerprint density at radius 2 is 1.62 bits per heavy atom. The van der Waals surface area contributed by atoms with Gasteiger partial charge in [-0.3, -0.25) is 4.79 Å². The lowest BCUT2D eigenvalue weighted by Crippen LogP contribution is -2.19. The minimum atomic E-state index is -1.43. The van der Waals surface area contributed by atoms with Gasteiger partial charge in [0, 0.05) is 17.6 Å². The highest BCUT2D eigenvalue weighted by Crippen LogP contribution is 2.26. The van der Waals surface area contributed by atoms with Gasteiger partial charge < -0.3 is 9.67 Å². The second-order valence-electron chi connectivity index (χ2n) is 5.83. The average molecular weight is 351 g/mol. The Bertz CT molecular complexity index is 1260. The first-order chi connectivity index (χ1) is 12.5. The van der Waals surface area contributed by atoms with Crippen LogP contribution in [0.2, 0.25) is 0 Å². The molecule has 0 radical (unpaired) electrons. The van der Waals surface area contributed by atoms with E-state index in [0.717, 1.165) is 29.1 Å². The average Bonchev–Trinajstić information content (AvgIpc) is 2.63. The van der Waals surface area contributed by atoms with E-state index in [0.29, 0.717) is 5.69 Å². The highest BCUT2D eigenvalue weighted by Gasteiger charge is 2.18. The summed E-state index contributed by atoms with van der Waals surface area (Å²) in [6.07, 6.45) is 1.14. The Balaban J connectivity index is 2.21. The van der Waals surface area contributed by atoms with E-state index in [-0.39, 0.29) is 10.9 Å². The fourth-order valence-corrected chi connectivity index (χ4v) is 3.09. The van der Waals surface area contributed by atoms with E-state index >= 15 is 0 Å². The van der Waals surface area contributed by atoms with Crippen LogP contribution in [0, 0.1) is 11.6 Å². The molecule has 0 aliphatic rings. The van der Waals surface area contributed by atoms with Gasteiger partial charge in [-0.2, -0.15) is 0 Å². The summed E-state index contributed by atoms with van der Waals surface area (Å²) in [4.78, 5) is 23.9. The first kappa shape index (κ1) is 16.0. The van der Waals surface area contributed by atoms with E-state index < -0.39 is 28.6 Å². The summed E-state index contributed by atoms with van der Waals surface area (Å²) >= 11 is 0. The predicted molar refractivity (Wildman–Crippen MR) is 93.9 cm³/mol. The second kappa shape index (κ2) is 5.77. The molecule has 0 aliphatic heterocycles.